The highest BCUT2D eigenvalue weighted by atomic mass is 35.5. The summed E-state index contributed by atoms with van der Waals surface area (Å²) in [6.45, 7) is 4.91. The van der Waals surface area contributed by atoms with Crippen LogP contribution in [0.5, 0.6) is 0 Å². The van der Waals surface area contributed by atoms with Crippen molar-refractivity contribution in [1.82, 2.24) is 5.32 Å². The van der Waals surface area contributed by atoms with Crippen LogP contribution in [-0.2, 0) is 14.2 Å². The Balaban J connectivity index is 1.26. The third-order valence-electron chi connectivity index (χ3n) is 5.51. The SMILES string of the molecule is CC(C)c1ccc(NC(=O)O[C@H]2CO[C@@H]3[C@@H]2OC[C@@H]3NC(=S)Nc2ccc(Cl)cc2)cc1. The number of ether oxygens (including phenoxy) is 3. The second-order valence-corrected chi connectivity index (χ2v) is 9.00. The number of amides is 1. The van der Waals surface area contributed by atoms with Crippen molar-refractivity contribution < 1.29 is 19.0 Å². The molecule has 2 heterocycles. The van der Waals surface area contributed by atoms with Crippen molar-refractivity contribution in [3.05, 3.63) is 59.1 Å². The van der Waals surface area contributed by atoms with E-state index in [1.807, 2.05) is 36.4 Å². The minimum atomic E-state index is -0.531. The van der Waals surface area contributed by atoms with Crippen LogP contribution in [0.3, 0.4) is 0 Å². The molecule has 0 aliphatic carbocycles. The molecule has 2 aromatic rings. The molecule has 2 fully saturated rings. The first kappa shape index (κ1) is 22.8. The fourth-order valence-electron chi connectivity index (χ4n) is 3.79. The molecule has 2 aliphatic heterocycles. The minimum Gasteiger partial charge on any atom is -0.441 e. The Bertz CT molecular complexity index is 955. The van der Waals surface area contributed by atoms with E-state index in [1.165, 1.54) is 5.56 Å². The van der Waals surface area contributed by atoms with Crippen LogP contribution in [-0.4, -0.2) is 48.8 Å². The summed E-state index contributed by atoms with van der Waals surface area (Å²) in [5, 5.41) is 10.2. The van der Waals surface area contributed by atoms with Crippen molar-refractivity contribution in [2.45, 2.75) is 44.1 Å². The van der Waals surface area contributed by atoms with Gasteiger partial charge in [0.15, 0.2) is 11.2 Å². The summed E-state index contributed by atoms with van der Waals surface area (Å²) in [4.78, 5) is 12.4. The van der Waals surface area contributed by atoms with Crippen LogP contribution in [0, 0.1) is 0 Å². The van der Waals surface area contributed by atoms with E-state index in [0.717, 1.165) is 5.69 Å². The Labute approximate surface area is 197 Å². The van der Waals surface area contributed by atoms with Gasteiger partial charge in [0.1, 0.15) is 12.2 Å². The lowest BCUT2D eigenvalue weighted by Gasteiger charge is -2.20. The molecule has 1 amide bonds. The lowest BCUT2D eigenvalue weighted by molar-refractivity contribution is 0.00880. The normalized spacial score (nSPS) is 24.1. The van der Waals surface area contributed by atoms with Gasteiger partial charge >= 0.3 is 6.09 Å². The fraction of sp³-hybridized carbons (Fsp3) is 0.391. The smallest absolute Gasteiger partial charge is 0.412 e. The lowest BCUT2D eigenvalue weighted by atomic mass is 10.0. The maximum Gasteiger partial charge on any atom is 0.412 e. The van der Waals surface area contributed by atoms with Gasteiger partial charge in [-0.2, -0.15) is 0 Å². The molecule has 7 nitrogen and oxygen atoms in total. The number of nitrogens with one attached hydrogen (secondary N) is 3. The van der Waals surface area contributed by atoms with Crippen LogP contribution in [0.15, 0.2) is 48.5 Å². The molecule has 0 bridgehead atoms. The maximum atomic E-state index is 12.4. The summed E-state index contributed by atoms with van der Waals surface area (Å²) >= 11 is 11.3. The van der Waals surface area contributed by atoms with Gasteiger partial charge in [0, 0.05) is 16.4 Å². The Hall–Kier alpha value is -2.39. The van der Waals surface area contributed by atoms with E-state index < -0.39 is 12.2 Å². The van der Waals surface area contributed by atoms with Crippen molar-refractivity contribution >= 4 is 46.4 Å². The summed E-state index contributed by atoms with van der Waals surface area (Å²) < 4.78 is 17.3. The molecule has 2 aromatic carbocycles. The standard InChI is InChI=1S/C23H26ClN3O4S/c1-13(2)14-3-7-17(8-4-14)26-23(28)31-19-12-30-20-18(11-29-21(19)20)27-22(32)25-16-9-5-15(24)6-10-16/h3-10,13,18-21H,11-12H2,1-2H3,(H,26,28)(H2,25,27,32)/t18-,19-,20-,21+/m0/s1. The van der Waals surface area contributed by atoms with E-state index in [4.69, 9.17) is 38.0 Å². The van der Waals surface area contributed by atoms with E-state index in [2.05, 4.69) is 29.8 Å². The van der Waals surface area contributed by atoms with Crippen LogP contribution >= 0.6 is 23.8 Å². The molecule has 0 saturated carbocycles. The second-order valence-electron chi connectivity index (χ2n) is 8.15. The summed E-state index contributed by atoms with van der Waals surface area (Å²) in [5.74, 6) is 0.430. The molecular formula is C23H26ClN3O4S. The van der Waals surface area contributed by atoms with Gasteiger partial charge < -0.3 is 24.8 Å². The van der Waals surface area contributed by atoms with Gasteiger partial charge in [-0.25, -0.2) is 4.79 Å². The number of fused-ring (bicyclic) bond motifs is 1. The van der Waals surface area contributed by atoms with Crippen molar-refractivity contribution in [2.75, 3.05) is 23.8 Å². The van der Waals surface area contributed by atoms with E-state index in [-0.39, 0.29) is 24.9 Å². The zero-order chi connectivity index (χ0) is 22.7. The number of carbonyl (C=O) groups excluding carboxylic acids is 1. The molecule has 3 N–H and O–H groups in total. The molecule has 0 spiro atoms. The van der Waals surface area contributed by atoms with Gasteiger partial charge in [-0.05, 0) is 60.1 Å². The van der Waals surface area contributed by atoms with Crippen molar-refractivity contribution in [1.29, 1.82) is 0 Å². The Morgan fingerprint density at radius 2 is 1.62 bits per heavy atom. The van der Waals surface area contributed by atoms with E-state index in [9.17, 15) is 4.79 Å². The van der Waals surface area contributed by atoms with Crippen LogP contribution in [0.1, 0.15) is 25.3 Å². The fourth-order valence-corrected chi connectivity index (χ4v) is 4.19. The molecule has 9 heteroatoms. The molecule has 4 atom stereocenters. The van der Waals surface area contributed by atoms with Gasteiger partial charge in [-0.1, -0.05) is 37.6 Å². The molecule has 0 radical (unpaired) electrons. The number of rotatable bonds is 5. The number of hydrogen-bond donors (Lipinski definition) is 3. The van der Waals surface area contributed by atoms with E-state index in [0.29, 0.717) is 28.3 Å². The Kier molecular flexibility index (Phi) is 7.15. The van der Waals surface area contributed by atoms with E-state index >= 15 is 0 Å². The maximum absolute atomic E-state index is 12.4. The van der Waals surface area contributed by atoms with Crippen molar-refractivity contribution in [3.63, 3.8) is 0 Å². The average molecular weight is 476 g/mol. The van der Waals surface area contributed by atoms with Crippen LogP contribution in [0.4, 0.5) is 16.2 Å². The molecule has 2 aliphatic rings. The summed E-state index contributed by atoms with van der Waals surface area (Å²) in [6.07, 6.45) is -1.63. The highest BCUT2D eigenvalue weighted by Crippen LogP contribution is 2.29. The highest BCUT2D eigenvalue weighted by molar-refractivity contribution is 7.80. The molecule has 4 rings (SSSR count). The Morgan fingerprint density at radius 1 is 1.00 bits per heavy atom. The predicted molar refractivity (Wildman–Crippen MR) is 128 cm³/mol. The van der Waals surface area contributed by atoms with Gasteiger partial charge in [-0.15, -0.1) is 0 Å². The lowest BCUT2D eigenvalue weighted by Crippen LogP contribution is -2.46. The molecule has 0 unspecified atom stereocenters. The van der Waals surface area contributed by atoms with Gasteiger partial charge in [0.25, 0.3) is 0 Å². The monoisotopic (exact) mass is 475 g/mol. The van der Waals surface area contributed by atoms with Gasteiger partial charge in [0.05, 0.1) is 19.3 Å². The molecule has 32 heavy (non-hydrogen) atoms. The number of halogens is 1. The van der Waals surface area contributed by atoms with E-state index in [1.54, 1.807) is 12.1 Å². The largest absolute Gasteiger partial charge is 0.441 e. The van der Waals surface area contributed by atoms with Gasteiger partial charge in [0.2, 0.25) is 0 Å². The van der Waals surface area contributed by atoms with Crippen LogP contribution < -0.4 is 16.0 Å². The van der Waals surface area contributed by atoms with Crippen molar-refractivity contribution in [2.24, 2.45) is 0 Å². The zero-order valence-corrected chi connectivity index (χ0v) is 19.4. The summed E-state index contributed by atoms with van der Waals surface area (Å²) in [5.41, 5.74) is 2.71. The van der Waals surface area contributed by atoms with Crippen LogP contribution in [0.2, 0.25) is 5.02 Å². The number of anilines is 2. The first-order chi connectivity index (χ1) is 15.4. The zero-order valence-electron chi connectivity index (χ0n) is 17.8. The summed E-state index contributed by atoms with van der Waals surface area (Å²) in [6, 6.07) is 14.8. The third kappa shape index (κ3) is 5.50. The quantitative estimate of drug-likeness (QED) is 0.548. The topological polar surface area (TPSA) is 80.9 Å². The predicted octanol–water partition coefficient (Wildman–Crippen LogP) is 4.53. The molecular weight excluding hydrogens is 450 g/mol. The second kappa shape index (κ2) is 10.0. The highest BCUT2D eigenvalue weighted by Gasteiger charge is 2.49. The average Bonchev–Trinajstić information content (AvgIpc) is 3.33. The molecule has 2 saturated heterocycles. The molecule has 0 aromatic heterocycles. The number of thiocarbonyl (C=S) groups is 1. The number of benzene rings is 2. The number of carbonyl (C=O) groups is 1. The Morgan fingerprint density at radius 3 is 2.31 bits per heavy atom. The van der Waals surface area contributed by atoms with Gasteiger partial charge in [-0.3, -0.25) is 5.32 Å². The first-order valence-corrected chi connectivity index (χ1v) is 11.3. The molecule has 170 valence electrons. The summed E-state index contributed by atoms with van der Waals surface area (Å²) in [7, 11) is 0. The van der Waals surface area contributed by atoms with Crippen molar-refractivity contribution in [3.8, 4) is 0 Å². The minimum absolute atomic E-state index is 0.146. The first-order valence-electron chi connectivity index (χ1n) is 10.5. The van der Waals surface area contributed by atoms with Crippen LogP contribution in [0.25, 0.3) is 0 Å². The third-order valence-corrected chi connectivity index (χ3v) is 5.98. The number of hydrogen-bond acceptors (Lipinski definition) is 5.